The van der Waals surface area contributed by atoms with Gasteiger partial charge in [0.05, 0.1) is 11.7 Å². The Hall–Kier alpha value is -2.76. The van der Waals surface area contributed by atoms with Crippen LogP contribution in [0, 0.1) is 13.8 Å². The molecule has 0 radical (unpaired) electrons. The first-order valence-electron chi connectivity index (χ1n) is 9.17. The molecule has 26 heavy (non-hydrogen) atoms. The lowest BCUT2D eigenvalue weighted by molar-refractivity contribution is 0.182. The smallest absolute Gasteiger partial charge is 0.318 e. The van der Waals surface area contributed by atoms with Crippen LogP contribution in [0.4, 0.5) is 4.79 Å². The number of carbonyl (C=O) groups is 1. The average Bonchev–Trinajstić information content (AvgIpc) is 3.33. The second kappa shape index (κ2) is 6.86. The molecule has 0 saturated carbocycles. The molecule has 2 N–H and O–H groups in total. The molecule has 0 bridgehead atoms. The number of aromatic amines is 1. The summed E-state index contributed by atoms with van der Waals surface area (Å²) in [5.41, 5.74) is 4.43. The van der Waals surface area contributed by atoms with Gasteiger partial charge in [-0.2, -0.15) is 0 Å². The van der Waals surface area contributed by atoms with E-state index >= 15 is 0 Å². The molecular weight excluding hydrogens is 328 g/mol. The number of H-pyrrole nitrogens is 1. The van der Waals surface area contributed by atoms with Gasteiger partial charge in [-0.25, -0.2) is 4.79 Å². The Morgan fingerprint density at radius 1 is 1.38 bits per heavy atom. The molecule has 2 amide bonds. The van der Waals surface area contributed by atoms with E-state index in [2.05, 4.69) is 34.5 Å². The number of hydrogen-bond donors (Lipinski definition) is 2. The fourth-order valence-electron chi connectivity index (χ4n) is 3.90. The Balaban J connectivity index is 1.40. The van der Waals surface area contributed by atoms with Crippen LogP contribution < -0.4 is 5.32 Å². The zero-order chi connectivity index (χ0) is 18.1. The minimum Gasteiger partial charge on any atom is -0.359 e. The summed E-state index contributed by atoms with van der Waals surface area (Å²) in [4.78, 5) is 17.9. The van der Waals surface area contributed by atoms with E-state index in [1.165, 1.54) is 10.9 Å². The number of benzene rings is 1. The summed E-state index contributed by atoms with van der Waals surface area (Å²) >= 11 is 0. The van der Waals surface area contributed by atoms with Crippen LogP contribution in [0.2, 0.25) is 0 Å². The van der Waals surface area contributed by atoms with E-state index in [4.69, 9.17) is 4.52 Å². The van der Waals surface area contributed by atoms with Gasteiger partial charge in [0.1, 0.15) is 0 Å². The molecule has 1 unspecified atom stereocenters. The molecule has 1 aliphatic rings. The number of hydrogen-bond acceptors (Lipinski definition) is 3. The quantitative estimate of drug-likeness (QED) is 0.749. The van der Waals surface area contributed by atoms with E-state index in [0.717, 1.165) is 48.5 Å². The largest absolute Gasteiger partial charge is 0.359 e. The van der Waals surface area contributed by atoms with Crippen molar-refractivity contribution in [2.45, 2.75) is 39.2 Å². The number of rotatable bonds is 4. The van der Waals surface area contributed by atoms with E-state index in [1.807, 2.05) is 30.0 Å². The molecule has 1 saturated heterocycles. The number of nitrogens with one attached hydrogen (secondary N) is 2. The first kappa shape index (κ1) is 16.7. The summed E-state index contributed by atoms with van der Waals surface area (Å²) in [7, 11) is 0. The standard InChI is InChI=1S/C20H24N4O2/c1-13-12-19(26-23-13)18-8-5-11-24(18)20(25)21-10-9-15-14(2)22-17-7-4-3-6-16(15)17/h3-4,6-7,12,18,22H,5,8-11H2,1-2H3,(H,21,25). The molecule has 0 aliphatic carbocycles. The third-order valence-electron chi connectivity index (χ3n) is 5.17. The highest BCUT2D eigenvalue weighted by Gasteiger charge is 2.32. The molecule has 1 fully saturated rings. The zero-order valence-corrected chi connectivity index (χ0v) is 15.2. The Bertz CT molecular complexity index is 927. The number of para-hydroxylation sites is 1. The van der Waals surface area contributed by atoms with Crippen LogP contribution in [0.3, 0.4) is 0 Å². The van der Waals surface area contributed by atoms with E-state index in [-0.39, 0.29) is 12.1 Å². The Morgan fingerprint density at radius 2 is 2.23 bits per heavy atom. The molecule has 3 heterocycles. The number of carbonyl (C=O) groups excluding carboxylic acids is 1. The van der Waals surface area contributed by atoms with Crippen LogP contribution in [-0.4, -0.2) is 34.2 Å². The maximum Gasteiger partial charge on any atom is 0.318 e. The summed E-state index contributed by atoms with van der Waals surface area (Å²) in [5, 5.41) is 8.26. The summed E-state index contributed by atoms with van der Waals surface area (Å²) in [6, 6.07) is 10.2. The van der Waals surface area contributed by atoms with E-state index in [1.54, 1.807) is 0 Å². The van der Waals surface area contributed by atoms with Crippen molar-refractivity contribution >= 4 is 16.9 Å². The average molecular weight is 352 g/mol. The molecule has 2 aromatic heterocycles. The normalized spacial score (nSPS) is 17.2. The highest BCUT2D eigenvalue weighted by molar-refractivity contribution is 5.84. The summed E-state index contributed by atoms with van der Waals surface area (Å²) in [5.74, 6) is 0.780. The monoisotopic (exact) mass is 352 g/mol. The fraction of sp³-hybridized carbons (Fsp3) is 0.400. The van der Waals surface area contributed by atoms with E-state index in [9.17, 15) is 4.79 Å². The van der Waals surface area contributed by atoms with Crippen molar-refractivity contribution in [3.8, 4) is 0 Å². The SMILES string of the molecule is Cc1cc(C2CCCN2C(=O)NCCc2c(C)[nH]c3ccccc23)on1. The van der Waals surface area contributed by atoms with Crippen LogP contribution in [0.25, 0.3) is 10.9 Å². The minimum absolute atomic E-state index is 0.00831. The fourth-order valence-corrected chi connectivity index (χ4v) is 3.90. The van der Waals surface area contributed by atoms with Crippen LogP contribution >= 0.6 is 0 Å². The maximum absolute atomic E-state index is 12.7. The summed E-state index contributed by atoms with van der Waals surface area (Å²) in [6.07, 6.45) is 2.71. The molecule has 6 heteroatoms. The van der Waals surface area contributed by atoms with Gasteiger partial charge in [0.2, 0.25) is 0 Å². The van der Waals surface area contributed by atoms with Crippen molar-refractivity contribution in [3.63, 3.8) is 0 Å². The lowest BCUT2D eigenvalue weighted by atomic mass is 10.1. The van der Waals surface area contributed by atoms with Gasteiger partial charge in [0.25, 0.3) is 0 Å². The Morgan fingerprint density at radius 3 is 3.04 bits per heavy atom. The van der Waals surface area contributed by atoms with Gasteiger partial charge in [-0.3, -0.25) is 0 Å². The minimum atomic E-state index is -0.0287. The molecule has 1 aromatic carbocycles. The van der Waals surface area contributed by atoms with Gasteiger partial charge in [0, 0.05) is 35.8 Å². The maximum atomic E-state index is 12.7. The third kappa shape index (κ3) is 3.07. The van der Waals surface area contributed by atoms with Crippen molar-refractivity contribution in [2.75, 3.05) is 13.1 Å². The van der Waals surface area contributed by atoms with Crippen LogP contribution in [0.5, 0.6) is 0 Å². The molecule has 4 rings (SSSR count). The molecular formula is C20H24N4O2. The van der Waals surface area contributed by atoms with Crippen molar-refractivity contribution in [2.24, 2.45) is 0 Å². The van der Waals surface area contributed by atoms with Crippen molar-refractivity contribution in [1.29, 1.82) is 0 Å². The van der Waals surface area contributed by atoms with Crippen LogP contribution in [0.15, 0.2) is 34.9 Å². The van der Waals surface area contributed by atoms with Gasteiger partial charge < -0.3 is 19.7 Å². The molecule has 6 nitrogen and oxygen atoms in total. The van der Waals surface area contributed by atoms with Gasteiger partial charge in [-0.1, -0.05) is 23.4 Å². The van der Waals surface area contributed by atoms with Crippen molar-refractivity contribution in [1.82, 2.24) is 20.4 Å². The number of aryl methyl sites for hydroxylation is 2. The highest BCUT2D eigenvalue weighted by atomic mass is 16.5. The van der Waals surface area contributed by atoms with Crippen LogP contribution in [0.1, 0.15) is 41.6 Å². The number of nitrogens with zero attached hydrogens (tertiary/aromatic N) is 2. The highest BCUT2D eigenvalue weighted by Crippen LogP contribution is 2.32. The topological polar surface area (TPSA) is 74.2 Å². The predicted octanol–water partition coefficient (Wildman–Crippen LogP) is 3.86. The van der Waals surface area contributed by atoms with Gasteiger partial charge in [-0.05, 0) is 44.7 Å². The molecule has 136 valence electrons. The second-order valence-corrected chi connectivity index (χ2v) is 6.98. The third-order valence-corrected chi connectivity index (χ3v) is 5.17. The van der Waals surface area contributed by atoms with Crippen molar-refractivity contribution in [3.05, 3.63) is 53.0 Å². The first-order chi connectivity index (χ1) is 12.6. The zero-order valence-electron chi connectivity index (χ0n) is 15.2. The molecule has 1 atom stereocenters. The number of aromatic nitrogens is 2. The lowest BCUT2D eigenvalue weighted by Crippen LogP contribution is -2.40. The molecule has 3 aromatic rings. The van der Waals surface area contributed by atoms with Crippen molar-refractivity contribution < 1.29 is 9.32 Å². The lowest BCUT2D eigenvalue weighted by Gasteiger charge is -2.23. The van der Waals surface area contributed by atoms with E-state index < -0.39 is 0 Å². The predicted molar refractivity (Wildman–Crippen MR) is 100 cm³/mol. The molecule has 1 aliphatic heterocycles. The Kier molecular flexibility index (Phi) is 4.41. The second-order valence-electron chi connectivity index (χ2n) is 6.98. The summed E-state index contributed by atoms with van der Waals surface area (Å²) in [6.45, 7) is 5.35. The first-order valence-corrected chi connectivity index (χ1v) is 9.17. The van der Waals surface area contributed by atoms with Gasteiger partial charge in [0.15, 0.2) is 5.76 Å². The van der Waals surface area contributed by atoms with Crippen LogP contribution in [-0.2, 0) is 6.42 Å². The number of urea groups is 1. The number of likely N-dealkylation sites (tertiary alicyclic amines) is 1. The molecule has 0 spiro atoms. The van der Waals surface area contributed by atoms with E-state index in [0.29, 0.717) is 6.54 Å². The Labute approximate surface area is 152 Å². The number of amides is 2. The van der Waals surface area contributed by atoms with Gasteiger partial charge >= 0.3 is 6.03 Å². The van der Waals surface area contributed by atoms with Gasteiger partial charge in [-0.15, -0.1) is 0 Å². The number of fused-ring (bicyclic) bond motifs is 1. The summed E-state index contributed by atoms with van der Waals surface area (Å²) < 4.78 is 5.38.